The largest absolute Gasteiger partial charge is 0.489 e. The summed E-state index contributed by atoms with van der Waals surface area (Å²) in [5, 5.41) is 2.57. The molecule has 1 amide bonds. The second-order valence-electron chi connectivity index (χ2n) is 4.44. The number of amides is 1. The third-order valence-corrected chi connectivity index (χ3v) is 2.94. The third kappa shape index (κ3) is 4.43. The Balaban J connectivity index is 1.84. The predicted molar refractivity (Wildman–Crippen MR) is 79.3 cm³/mol. The highest BCUT2D eigenvalue weighted by atomic mass is 16.5. The number of carbonyl (C=O) groups excluding carboxylic acids is 1. The summed E-state index contributed by atoms with van der Waals surface area (Å²) < 4.78 is 5.70. The van der Waals surface area contributed by atoms with Gasteiger partial charge in [-0.15, -0.1) is 0 Å². The van der Waals surface area contributed by atoms with E-state index in [1.54, 1.807) is 13.5 Å². The molecule has 0 aromatic heterocycles. The van der Waals surface area contributed by atoms with Crippen molar-refractivity contribution < 1.29 is 9.53 Å². The molecule has 1 radical (unpaired) electrons. The van der Waals surface area contributed by atoms with Crippen LogP contribution >= 0.6 is 0 Å². The molecule has 20 heavy (non-hydrogen) atoms. The van der Waals surface area contributed by atoms with Gasteiger partial charge >= 0.3 is 0 Å². The number of nitrogens with one attached hydrogen (secondary N) is 1. The molecule has 3 nitrogen and oxygen atoms in total. The molecule has 0 bridgehead atoms. The van der Waals surface area contributed by atoms with E-state index in [1.165, 1.54) is 0 Å². The van der Waals surface area contributed by atoms with Crippen molar-refractivity contribution in [2.24, 2.45) is 0 Å². The molecule has 1 N–H and O–H groups in total. The molecule has 0 atom stereocenters. The van der Waals surface area contributed by atoms with Crippen LogP contribution in [0.25, 0.3) is 0 Å². The molecular formula is C17H18NO2. The molecular weight excluding hydrogens is 250 g/mol. The standard InChI is InChI=1S/C17H18NO2/c1-18-17(19)12-9-14-7-10-16(11-8-14)20-13-15-5-3-2-4-6-15/h2-8,10-12H,9,13H2,1H3,(H,18,19). The highest BCUT2D eigenvalue weighted by Crippen LogP contribution is 2.15. The van der Waals surface area contributed by atoms with Gasteiger partial charge in [0.25, 0.3) is 0 Å². The number of benzene rings is 2. The minimum Gasteiger partial charge on any atom is -0.489 e. The molecule has 0 spiro atoms. The molecule has 0 heterocycles. The van der Waals surface area contributed by atoms with E-state index in [0.29, 0.717) is 13.0 Å². The summed E-state index contributed by atoms with van der Waals surface area (Å²) in [6.07, 6.45) is 2.25. The van der Waals surface area contributed by atoms with Gasteiger partial charge in [-0.1, -0.05) is 42.5 Å². The van der Waals surface area contributed by atoms with Crippen LogP contribution in [-0.4, -0.2) is 13.0 Å². The molecule has 2 rings (SSSR count). The lowest BCUT2D eigenvalue weighted by Crippen LogP contribution is -2.18. The summed E-state index contributed by atoms with van der Waals surface area (Å²) in [6.45, 7) is 0.560. The van der Waals surface area contributed by atoms with Crippen LogP contribution in [-0.2, 0) is 17.8 Å². The van der Waals surface area contributed by atoms with Crippen LogP contribution in [0, 0.1) is 6.42 Å². The monoisotopic (exact) mass is 268 g/mol. The second kappa shape index (κ2) is 7.34. The van der Waals surface area contributed by atoms with Crippen LogP contribution in [0.3, 0.4) is 0 Å². The minimum atomic E-state index is -0.0607. The summed E-state index contributed by atoms with van der Waals surface area (Å²) in [5.41, 5.74) is 2.23. The van der Waals surface area contributed by atoms with Gasteiger partial charge in [-0.2, -0.15) is 0 Å². The van der Waals surface area contributed by atoms with Crippen LogP contribution in [0.15, 0.2) is 54.6 Å². The Hall–Kier alpha value is -2.29. The van der Waals surface area contributed by atoms with E-state index in [9.17, 15) is 4.79 Å². The first-order chi connectivity index (χ1) is 9.78. The maximum Gasteiger partial charge on any atom is 0.224 e. The number of hydrogen-bond donors (Lipinski definition) is 1. The molecule has 0 aliphatic heterocycles. The van der Waals surface area contributed by atoms with Crippen molar-refractivity contribution in [1.29, 1.82) is 0 Å². The van der Waals surface area contributed by atoms with Crippen molar-refractivity contribution in [2.75, 3.05) is 7.05 Å². The van der Waals surface area contributed by atoms with Crippen LogP contribution in [0.5, 0.6) is 5.75 Å². The van der Waals surface area contributed by atoms with E-state index in [2.05, 4.69) is 5.32 Å². The number of ether oxygens (including phenoxy) is 1. The summed E-state index contributed by atoms with van der Waals surface area (Å²) in [4.78, 5) is 11.1. The Labute approximate surface area is 119 Å². The average Bonchev–Trinajstić information content (AvgIpc) is 2.52. The Bertz CT molecular complexity index is 535. The highest BCUT2D eigenvalue weighted by molar-refractivity contribution is 5.84. The predicted octanol–water partition coefficient (Wildman–Crippen LogP) is 2.76. The van der Waals surface area contributed by atoms with E-state index < -0.39 is 0 Å². The summed E-state index contributed by atoms with van der Waals surface area (Å²) in [5.74, 6) is 0.770. The van der Waals surface area contributed by atoms with Crippen molar-refractivity contribution in [2.45, 2.75) is 13.0 Å². The molecule has 3 heteroatoms. The number of carbonyl (C=O) groups is 1. The molecule has 0 unspecified atom stereocenters. The van der Waals surface area contributed by atoms with Crippen LogP contribution in [0.1, 0.15) is 11.1 Å². The zero-order valence-electron chi connectivity index (χ0n) is 11.5. The molecule has 2 aromatic rings. The van der Waals surface area contributed by atoms with Gasteiger partial charge in [-0.05, 0) is 29.7 Å². The molecule has 0 saturated heterocycles. The molecule has 0 saturated carbocycles. The zero-order valence-corrected chi connectivity index (χ0v) is 11.5. The van der Waals surface area contributed by atoms with Crippen molar-refractivity contribution >= 4 is 5.91 Å². The molecule has 0 aliphatic rings. The first-order valence-corrected chi connectivity index (χ1v) is 6.58. The average molecular weight is 268 g/mol. The summed E-state index contributed by atoms with van der Waals surface area (Å²) in [6, 6.07) is 17.8. The SMILES string of the molecule is CNC(=O)[CH]Cc1ccc(OCc2ccccc2)cc1. The highest BCUT2D eigenvalue weighted by Gasteiger charge is 2.01. The van der Waals surface area contributed by atoms with Gasteiger partial charge in [0.05, 0.1) is 6.42 Å². The lowest BCUT2D eigenvalue weighted by atomic mass is 10.1. The normalized spacial score (nSPS) is 10.1. The van der Waals surface area contributed by atoms with Crippen molar-refractivity contribution in [1.82, 2.24) is 5.32 Å². The van der Waals surface area contributed by atoms with Crippen molar-refractivity contribution in [3.8, 4) is 5.75 Å². The fraction of sp³-hybridized carbons (Fsp3) is 0.176. The Morgan fingerprint density at radius 2 is 1.75 bits per heavy atom. The van der Waals surface area contributed by atoms with Crippen LogP contribution < -0.4 is 10.1 Å². The van der Waals surface area contributed by atoms with Crippen molar-refractivity contribution in [3.05, 3.63) is 72.1 Å². The van der Waals surface area contributed by atoms with E-state index in [-0.39, 0.29) is 5.91 Å². The molecule has 0 aliphatic carbocycles. The number of rotatable bonds is 6. The third-order valence-electron chi connectivity index (χ3n) is 2.94. The lowest BCUT2D eigenvalue weighted by molar-refractivity contribution is -0.117. The van der Waals surface area contributed by atoms with Gasteiger partial charge in [0.2, 0.25) is 5.91 Å². The van der Waals surface area contributed by atoms with E-state index in [1.807, 2.05) is 54.6 Å². The first kappa shape index (κ1) is 14.1. The fourth-order valence-electron chi connectivity index (χ4n) is 1.78. The van der Waals surface area contributed by atoms with Gasteiger partial charge in [0.1, 0.15) is 12.4 Å². The molecule has 0 fully saturated rings. The van der Waals surface area contributed by atoms with E-state index in [0.717, 1.165) is 16.9 Å². The summed E-state index contributed by atoms with van der Waals surface area (Å²) >= 11 is 0. The van der Waals surface area contributed by atoms with Crippen LogP contribution in [0.2, 0.25) is 0 Å². The minimum absolute atomic E-state index is 0.0607. The van der Waals surface area contributed by atoms with Gasteiger partial charge in [0, 0.05) is 7.05 Å². The Morgan fingerprint density at radius 3 is 2.40 bits per heavy atom. The maximum atomic E-state index is 11.1. The topological polar surface area (TPSA) is 38.3 Å². The second-order valence-corrected chi connectivity index (χ2v) is 4.44. The van der Waals surface area contributed by atoms with Gasteiger partial charge < -0.3 is 10.1 Å². The Morgan fingerprint density at radius 1 is 1.05 bits per heavy atom. The lowest BCUT2D eigenvalue weighted by Gasteiger charge is -2.07. The summed E-state index contributed by atoms with van der Waals surface area (Å²) in [7, 11) is 1.62. The van der Waals surface area contributed by atoms with Crippen LogP contribution in [0.4, 0.5) is 0 Å². The van der Waals surface area contributed by atoms with Crippen molar-refractivity contribution in [3.63, 3.8) is 0 Å². The Kier molecular flexibility index (Phi) is 5.18. The van der Waals surface area contributed by atoms with E-state index >= 15 is 0 Å². The molecule has 103 valence electrons. The van der Waals surface area contributed by atoms with Gasteiger partial charge in [0.15, 0.2) is 0 Å². The smallest absolute Gasteiger partial charge is 0.224 e. The first-order valence-electron chi connectivity index (χ1n) is 6.58. The van der Waals surface area contributed by atoms with E-state index in [4.69, 9.17) is 4.74 Å². The maximum absolute atomic E-state index is 11.1. The molecule has 2 aromatic carbocycles. The fourth-order valence-corrected chi connectivity index (χ4v) is 1.78. The quantitative estimate of drug-likeness (QED) is 0.875. The van der Waals surface area contributed by atoms with Gasteiger partial charge in [-0.25, -0.2) is 0 Å². The number of hydrogen-bond acceptors (Lipinski definition) is 2. The zero-order chi connectivity index (χ0) is 14.2. The van der Waals surface area contributed by atoms with Gasteiger partial charge in [-0.3, -0.25) is 4.79 Å².